The van der Waals surface area contributed by atoms with Gasteiger partial charge in [0.1, 0.15) is 23.3 Å². The van der Waals surface area contributed by atoms with Crippen LogP contribution in [0.5, 0.6) is 0 Å². The molecule has 3 rings (SSSR count). The van der Waals surface area contributed by atoms with Crippen LogP contribution in [0.4, 0.5) is 25.8 Å². The van der Waals surface area contributed by atoms with Gasteiger partial charge in [0.15, 0.2) is 11.6 Å². The Bertz CT molecular complexity index is 1100. The van der Waals surface area contributed by atoms with E-state index in [2.05, 4.69) is 10.4 Å². The molecule has 0 atom stereocenters. The van der Waals surface area contributed by atoms with Crippen LogP contribution in [0.25, 0.3) is 0 Å². The van der Waals surface area contributed by atoms with Crippen molar-refractivity contribution in [3.63, 3.8) is 0 Å². The third-order valence-electron chi connectivity index (χ3n) is 5.60. The molecule has 1 aliphatic heterocycles. The number of hydrogen-bond acceptors (Lipinski definition) is 7. The summed E-state index contributed by atoms with van der Waals surface area (Å²) in [6.07, 6.45) is 1.66. The molecule has 35 heavy (non-hydrogen) atoms. The van der Waals surface area contributed by atoms with Gasteiger partial charge in [-0.1, -0.05) is 18.2 Å². The number of methoxy groups -OCH3 is 1. The lowest BCUT2D eigenvalue weighted by Crippen LogP contribution is -2.71. The van der Waals surface area contributed by atoms with Crippen LogP contribution in [0.1, 0.15) is 5.56 Å². The summed E-state index contributed by atoms with van der Waals surface area (Å²) in [7, 11) is 1.41. The number of nitrogens with one attached hydrogen (secondary N) is 2. The second-order valence-electron chi connectivity index (χ2n) is 7.86. The summed E-state index contributed by atoms with van der Waals surface area (Å²) >= 11 is 4.86. The van der Waals surface area contributed by atoms with Gasteiger partial charge in [-0.2, -0.15) is 5.11 Å². The van der Waals surface area contributed by atoms with E-state index in [4.69, 9.17) is 28.2 Å². The van der Waals surface area contributed by atoms with Crippen LogP contribution < -0.4 is 21.3 Å². The molecule has 1 heterocycles. The van der Waals surface area contributed by atoms with Crippen LogP contribution in [-0.4, -0.2) is 55.8 Å². The molecule has 1 saturated heterocycles. The number of thiocarbonyl (C=S) groups is 1. The smallest absolute Gasteiger partial charge is 0.256 e. The number of halogens is 2. The van der Waals surface area contributed by atoms with Gasteiger partial charge >= 0.3 is 0 Å². The molecule has 1 amide bonds. The van der Waals surface area contributed by atoms with Gasteiger partial charge in [-0.3, -0.25) is 10.1 Å². The Kier molecular flexibility index (Phi) is 9.04. The van der Waals surface area contributed by atoms with E-state index in [-0.39, 0.29) is 35.4 Å². The Morgan fingerprint density at radius 2 is 1.91 bits per heavy atom. The predicted molar refractivity (Wildman–Crippen MR) is 132 cm³/mol. The lowest BCUT2D eigenvalue weighted by Gasteiger charge is -2.36. The van der Waals surface area contributed by atoms with Gasteiger partial charge in [-0.25, -0.2) is 14.3 Å². The summed E-state index contributed by atoms with van der Waals surface area (Å²) < 4.78 is 34.5. The van der Waals surface area contributed by atoms with Crippen molar-refractivity contribution >= 4 is 40.4 Å². The molecule has 0 saturated carbocycles. The van der Waals surface area contributed by atoms with E-state index < -0.39 is 11.6 Å². The van der Waals surface area contributed by atoms with Gasteiger partial charge < -0.3 is 25.6 Å². The Labute approximate surface area is 207 Å². The minimum Gasteiger partial charge on any atom is -0.474 e. The van der Waals surface area contributed by atoms with Crippen molar-refractivity contribution in [3.8, 4) is 0 Å². The Morgan fingerprint density at radius 1 is 1.26 bits per heavy atom. The number of anilines is 2. The molecule has 1 fully saturated rings. The van der Waals surface area contributed by atoms with E-state index in [1.165, 1.54) is 30.8 Å². The number of nitrogen functional groups attached to an aromatic ring is 1. The van der Waals surface area contributed by atoms with E-state index in [1.54, 1.807) is 15.9 Å². The van der Waals surface area contributed by atoms with Crippen molar-refractivity contribution in [2.75, 3.05) is 50.5 Å². The minimum absolute atomic E-state index is 0.0726. The number of ether oxygens (including phenoxy) is 1. The number of rotatable bonds is 8. The van der Waals surface area contributed by atoms with Crippen LogP contribution in [0, 0.1) is 17.2 Å². The molecule has 0 spiro atoms. The first-order chi connectivity index (χ1) is 16.8. The van der Waals surface area contributed by atoms with Crippen LogP contribution in [-0.2, 0) is 16.0 Å². The third-order valence-corrected chi connectivity index (χ3v) is 5.91. The Balaban J connectivity index is 1.60. The number of quaternary nitrogens is 1. The summed E-state index contributed by atoms with van der Waals surface area (Å²) in [5.74, 6) is -1.48. The normalized spacial score (nSPS) is 14.0. The van der Waals surface area contributed by atoms with E-state index in [1.807, 2.05) is 18.2 Å². The van der Waals surface area contributed by atoms with Crippen LogP contribution >= 0.6 is 12.2 Å². The fourth-order valence-corrected chi connectivity index (χ4v) is 3.77. The SMILES string of the molecule is COC(=S)NC/C(=C/[NH2+]c1cc(F)c(N2CCN(C(=O)Cc3ccccc3N)CC2)c(F)c1)N=N. The number of hydrogen-bond donors (Lipinski definition) is 4. The number of nitrogens with two attached hydrogens (primary N) is 2. The Morgan fingerprint density at radius 3 is 2.51 bits per heavy atom. The van der Waals surface area contributed by atoms with Gasteiger partial charge in [-0.15, -0.1) is 0 Å². The highest BCUT2D eigenvalue weighted by Gasteiger charge is 2.26. The molecule has 9 nitrogen and oxygen atoms in total. The maximum absolute atomic E-state index is 14.9. The number of benzene rings is 2. The topological polar surface area (TPSA) is 124 Å². The van der Waals surface area contributed by atoms with Crippen molar-refractivity contribution in [1.82, 2.24) is 10.2 Å². The number of carbonyl (C=O) groups is 1. The summed E-state index contributed by atoms with van der Waals surface area (Å²) in [6, 6.07) is 9.64. The minimum atomic E-state index is -0.704. The van der Waals surface area contributed by atoms with Crippen molar-refractivity contribution in [2.45, 2.75) is 6.42 Å². The van der Waals surface area contributed by atoms with Gasteiger partial charge in [0.05, 0.1) is 20.1 Å². The fraction of sp³-hybridized carbons (Fsp3) is 0.304. The molecule has 0 aliphatic carbocycles. The molecule has 186 valence electrons. The zero-order valence-corrected chi connectivity index (χ0v) is 20.1. The van der Waals surface area contributed by atoms with Crippen LogP contribution in [0.3, 0.4) is 0 Å². The second kappa shape index (κ2) is 12.2. The second-order valence-corrected chi connectivity index (χ2v) is 8.23. The summed E-state index contributed by atoms with van der Waals surface area (Å²) in [6.45, 7) is 1.45. The molecular formula is C23H28F2N7O2S+. The zero-order chi connectivity index (χ0) is 25.4. The standard InChI is InChI=1S/C23H27F2N7O2S/c1-34-23(35)29-14-17(30-27)13-28-16-11-18(24)22(19(25)12-16)32-8-6-31(7-9-32)21(33)10-15-4-2-3-5-20(15)26/h2-5,11-13,27-28H,6-10,14,26H2,1H3,(H,29,35)/p+1/b17-13-,30-27?. The monoisotopic (exact) mass is 504 g/mol. The molecule has 0 aromatic heterocycles. The van der Waals surface area contributed by atoms with Crippen molar-refractivity contribution < 1.29 is 23.6 Å². The Hall–Kier alpha value is -3.64. The highest BCUT2D eigenvalue weighted by molar-refractivity contribution is 7.80. The molecule has 12 heteroatoms. The first kappa shape index (κ1) is 26.0. The van der Waals surface area contributed by atoms with Gasteiger partial charge in [0, 0.05) is 44.0 Å². The van der Waals surface area contributed by atoms with E-state index >= 15 is 0 Å². The predicted octanol–water partition coefficient (Wildman–Crippen LogP) is 2.03. The van der Waals surface area contributed by atoms with E-state index in [9.17, 15) is 13.6 Å². The maximum Gasteiger partial charge on any atom is 0.256 e. The van der Waals surface area contributed by atoms with Crippen molar-refractivity contribution in [1.29, 1.82) is 5.53 Å². The largest absolute Gasteiger partial charge is 0.474 e. The maximum atomic E-state index is 14.9. The van der Waals surface area contributed by atoms with Crippen LogP contribution in [0.15, 0.2) is 53.4 Å². The van der Waals surface area contributed by atoms with E-state index in [0.717, 1.165) is 5.56 Å². The molecule has 2 aromatic rings. The lowest BCUT2D eigenvalue weighted by atomic mass is 10.1. The fourth-order valence-electron chi connectivity index (χ4n) is 3.70. The summed E-state index contributed by atoms with van der Waals surface area (Å²) in [5, 5.41) is 7.72. The molecule has 1 aliphatic rings. The van der Waals surface area contributed by atoms with Gasteiger partial charge in [-0.05, 0) is 23.8 Å². The molecule has 0 bridgehead atoms. The third kappa shape index (κ3) is 6.93. The van der Waals surface area contributed by atoms with Gasteiger partial charge in [0.25, 0.3) is 5.17 Å². The molecular weight excluding hydrogens is 476 g/mol. The molecule has 6 N–H and O–H groups in total. The quantitative estimate of drug-likeness (QED) is 0.248. The van der Waals surface area contributed by atoms with Crippen molar-refractivity contribution in [3.05, 3.63) is 65.5 Å². The highest BCUT2D eigenvalue weighted by atomic mass is 32.1. The van der Waals surface area contributed by atoms with E-state index in [0.29, 0.717) is 37.6 Å². The number of carbonyl (C=O) groups excluding carboxylic acids is 1. The summed E-state index contributed by atoms with van der Waals surface area (Å²) in [5.41, 5.74) is 14.9. The first-order valence-electron chi connectivity index (χ1n) is 10.9. The van der Waals surface area contributed by atoms with Crippen molar-refractivity contribution in [2.24, 2.45) is 5.11 Å². The average Bonchev–Trinajstić information content (AvgIpc) is 2.85. The molecule has 0 unspecified atom stereocenters. The summed E-state index contributed by atoms with van der Waals surface area (Å²) in [4.78, 5) is 15.9. The van der Waals surface area contributed by atoms with Gasteiger partial charge in [0.2, 0.25) is 5.91 Å². The molecule has 2 aromatic carbocycles. The first-order valence-corrected chi connectivity index (χ1v) is 11.3. The number of nitrogens with zero attached hydrogens (tertiary/aromatic N) is 3. The number of para-hydroxylation sites is 1. The molecule has 0 radical (unpaired) electrons. The highest BCUT2D eigenvalue weighted by Crippen LogP contribution is 2.27. The lowest BCUT2D eigenvalue weighted by molar-refractivity contribution is -0.497. The number of amides is 1. The average molecular weight is 505 g/mol. The number of piperazine rings is 1. The zero-order valence-electron chi connectivity index (χ0n) is 19.3. The van der Waals surface area contributed by atoms with Crippen LogP contribution in [0.2, 0.25) is 0 Å².